The Bertz CT molecular complexity index is 88.9. The van der Waals surface area contributed by atoms with Crippen LogP contribution in [-0.4, -0.2) is 43.6 Å². The van der Waals surface area contributed by atoms with Crippen LogP contribution < -0.4 is 0 Å². The molecule has 0 amide bonds. The first-order valence-corrected chi connectivity index (χ1v) is 11.0. The molecule has 0 saturated heterocycles. The van der Waals surface area contributed by atoms with Crippen molar-refractivity contribution in [2.24, 2.45) is 0 Å². The fraction of sp³-hybridized carbons (Fsp3) is 1.00. The first kappa shape index (κ1) is 22.9. The Morgan fingerprint density at radius 3 is 1.18 bits per heavy atom. The Labute approximate surface area is 119 Å². The van der Waals surface area contributed by atoms with E-state index in [2.05, 4.69) is 13.8 Å². The van der Waals surface area contributed by atoms with E-state index in [4.69, 9.17) is 10.2 Å². The van der Waals surface area contributed by atoms with E-state index < -0.39 is 0 Å². The van der Waals surface area contributed by atoms with Crippen molar-refractivity contribution in [3.05, 3.63) is 0 Å². The second-order valence-corrected chi connectivity index (χ2v) is 8.93. The van der Waals surface area contributed by atoms with Gasteiger partial charge in [0.1, 0.15) is 0 Å². The van der Waals surface area contributed by atoms with Gasteiger partial charge < -0.3 is 10.2 Å². The summed E-state index contributed by atoms with van der Waals surface area (Å²) >= 11 is 0.149. The Kier molecular flexibility index (Phi) is 29.5. The van der Waals surface area contributed by atoms with E-state index in [1.807, 2.05) is 0 Å². The quantitative estimate of drug-likeness (QED) is 0.562. The molecule has 0 spiro atoms. The summed E-state index contributed by atoms with van der Waals surface area (Å²) in [5.74, 6) is 0. The average Bonchev–Trinajstić information content (AvgIpc) is 2.16. The second kappa shape index (κ2) is 21.9. The van der Waals surface area contributed by atoms with Gasteiger partial charge in [0.25, 0.3) is 0 Å². The molecule has 0 aliphatic rings. The molecule has 2 nitrogen and oxygen atoms in total. The van der Waals surface area contributed by atoms with Gasteiger partial charge in [0.05, 0.1) is 0 Å². The summed E-state index contributed by atoms with van der Waals surface area (Å²) in [6.45, 7) is 11.5. The Balaban J connectivity index is -0.000000205. The van der Waals surface area contributed by atoms with Crippen molar-refractivity contribution in [1.29, 1.82) is 0 Å². The summed E-state index contributed by atoms with van der Waals surface area (Å²) in [5, 5.41) is 16.1. The zero-order valence-corrected chi connectivity index (χ0v) is 15.6. The predicted octanol–water partition coefficient (Wildman–Crippen LogP) is 3.90. The zero-order chi connectivity index (χ0) is 14.1. The molecule has 0 aliphatic heterocycles. The molecule has 17 heavy (non-hydrogen) atoms. The fourth-order valence-corrected chi connectivity index (χ4v) is 4.89. The van der Waals surface area contributed by atoms with Crippen LogP contribution in [-0.2, 0) is 0 Å². The number of unbranched alkanes of at least 4 members (excludes halogenated alkanes) is 2. The van der Waals surface area contributed by atoms with Crippen LogP contribution in [0, 0.1) is 0 Å². The number of hydrogen-bond acceptors (Lipinski definition) is 2. The zero-order valence-electron chi connectivity index (χ0n) is 12.8. The monoisotopic (exact) mass is 354 g/mol. The van der Waals surface area contributed by atoms with E-state index in [-0.39, 0.29) is 33.4 Å². The van der Waals surface area contributed by atoms with Gasteiger partial charge in [-0.3, -0.25) is 0 Å². The number of aliphatic hydroxyl groups excluding tert-OH is 2. The first-order valence-electron chi connectivity index (χ1n) is 6.95. The number of hydrogen-bond donors (Lipinski definition) is 2. The van der Waals surface area contributed by atoms with Crippen molar-refractivity contribution in [1.82, 2.24) is 0 Å². The van der Waals surface area contributed by atoms with Crippen LogP contribution in [0.1, 0.15) is 67.2 Å². The van der Waals surface area contributed by atoms with Crippen molar-refractivity contribution < 1.29 is 10.2 Å². The molecule has 106 valence electrons. The molecule has 0 rings (SSSR count). The Hall–Kier alpha value is 0.719. The van der Waals surface area contributed by atoms with Crippen molar-refractivity contribution in [2.45, 2.75) is 88.3 Å². The molecule has 0 aromatic rings. The fourth-order valence-electron chi connectivity index (χ4n) is 0.729. The van der Waals surface area contributed by atoms with Crippen molar-refractivity contribution >= 4 is 21.1 Å². The molecule has 0 fully saturated rings. The Morgan fingerprint density at radius 2 is 1.00 bits per heavy atom. The third kappa shape index (κ3) is 80.2. The van der Waals surface area contributed by atoms with E-state index in [0.717, 1.165) is 0 Å². The third-order valence-corrected chi connectivity index (χ3v) is 5.45. The van der Waals surface area contributed by atoms with E-state index in [9.17, 15) is 0 Å². The third-order valence-electron chi connectivity index (χ3n) is 1.41. The minimum atomic E-state index is -0.167. The Morgan fingerprint density at radius 1 is 0.765 bits per heavy atom. The van der Waals surface area contributed by atoms with Gasteiger partial charge in [0.2, 0.25) is 0 Å². The van der Waals surface area contributed by atoms with Crippen molar-refractivity contribution in [3.8, 4) is 0 Å². The van der Waals surface area contributed by atoms with Gasteiger partial charge in [-0.25, -0.2) is 0 Å². The summed E-state index contributed by atoms with van der Waals surface area (Å²) < 4.78 is 3.25. The van der Waals surface area contributed by atoms with Crippen LogP contribution in [0.4, 0.5) is 0 Å². The van der Waals surface area contributed by atoms with Gasteiger partial charge in [-0.05, 0) is 27.7 Å². The molecule has 0 bridgehead atoms. The van der Waals surface area contributed by atoms with Gasteiger partial charge >= 0.3 is 69.5 Å². The molecule has 2 N–H and O–H groups in total. The first-order chi connectivity index (χ1) is 7.88. The molecule has 0 aromatic heterocycles. The van der Waals surface area contributed by atoms with Crippen LogP contribution in [0.5, 0.6) is 0 Å². The summed E-state index contributed by atoms with van der Waals surface area (Å²) in [7, 11) is 0. The summed E-state index contributed by atoms with van der Waals surface area (Å²) in [5.41, 5.74) is 0. The minimum absolute atomic E-state index is 0.149. The van der Waals surface area contributed by atoms with Gasteiger partial charge in [-0.2, -0.15) is 0 Å². The molecule has 0 atom stereocenters. The number of rotatable bonds is 6. The van der Waals surface area contributed by atoms with E-state index >= 15 is 0 Å². The van der Waals surface area contributed by atoms with E-state index in [0.29, 0.717) is 0 Å². The molecule has 0 heterocycles. The summed E-state index contributed by atoms with van der Waals surface area (Å²) in [6, 6.07) is 0. The topological polar surface area (TPSA) is 40.5 Å². The van der Waals surface area contributed by atoms with E-state index in [1.54, 1.807) is 36.6 Å². The second-order valence-electron chi connectivity index (χ2n) is 4.64. The molecular formula is C14H34O2Sn. The van der Waals surface area contributed by atoms with Crippen LogP contribution in [0.25, 0.3) is 0 Å². The molecule has 0 aliphatic carbocycles. The number of aliphatic hydroxyl groups is 2. The van der Waals surface area contributed by atoms with Gasteiger partial charge in [-0.1, -0.05) is 0 Å². The standard InChI is InChI=1S/2C4H9.2C3H8O.Sn/c2*1-3-4-2;2*1-3(2)4;/h2*1,3-4H2,2H3;2*3-4H,1-2H3;. The van der Waals surface area contributed by atoms with Gasteiger partial charge in [0, 0.05) is 12.2 Å². The molecule has 3 heteroatoms. The van der Waals surface area contributed by atoms with Gasteiger partial charge in [-0.15, -0.1) is 0 Å². The van der Waals surface area contributed by atoms with E-state index in [1.165, 1.54) is 25.7 Å². The molecule has 2 radical (unpaired) electrons. The van der Waals surface area contributed by atoms with Crippen LogP contribution in [0.15, 0.2) is 0 Å². The van der Waals surface area contributed by atoms with Crippen molar-refractivity contribution in [2.75, 3.05) is 0 Å². The maximum absolute atomic E-state index is 8.06. The normalized spacial score (nSPS) is 9.53. The van der Waals surface area contributed by atoms with Crippen LogP contribution >= 0.6 is 0 Å². The average molecular weight is 353 g/mol. The predicted molar refractivity (Wildman–Crippen MR) is 79.9 cm³/mol. The summed E-state index contributed by atoms with van der Waals surface area (Å²) in [6.07, 6.45) is 5.51. The van der Waals surface area contributed by atoms with Gasteiger partial charge in [0.15, 0.2) is 0 Å². The van der Waals surface area contributed by atoms with Crippen LogP contribution in [0.3, 0.4) is 0 Å². The summed E-state index contributed by atoms with van der Waals surface area (Å²) in [4.78, 5) is 0. The van der Waals surface area contributed by atoms with Crippen LogP contribution in [0.2, 0.25) is 8.87 Å². The molecular weight excluding hydrogens is 319 g/mol. The molecule has 0 aromatic carbocycles. The molecule has 0 saturated carbocycles. The molecule has 0 unspecified atom stereocenters. The SMILES string of the molecule is CC(C)O.CC(C)O.CCC[CH2][Sn][CH2]CCC. The maximum atomic E-state index is 8.06. The van der Waals surface area contributed by atoms with Crippen molar-refractivity contribution in [3.63, 3.8) is 0 Å².